The zero-order valence-corrected chi connectivity index (χ0v) is 24.8. The number of rotatable bonds is 11. The molecule has 1 aliphatic rings. The van der Waals surface area contributed by atoms with Crippen LogP contribution in [0.15, 0.2) is 88.2 Å². The van der Waals surface area contributed by atoms with E-state index < -0.39 is 27.9 Å². The summed E-state index contributed by atoms with van der Waals surface area (Å²) in [6, 6.07) is 21.9. The molecule has 1 aliphatic heterocycles. The summed E-state index contributed by atoms with van der Waals surface area (Å²) in [6.45, 7) is 3.68. The van der Waals surface area contributed by atoms with Crippen LogP contribution in [-0.4, -0.2) is 54.0 Å². The molecule has 4 rings (SSSR count). The van der Waals surface area contributed by atoms with Crippen molar-refractivity contribution in [1.82, 2.24) is 14.5 Å². The molecule has 0 aromatic heterocycles. The number of carbonyl (C=O) groups is 3. The Morgan fingerprint density at radius 3 is 2.25 bits per heavy atom. The van der Waals surface area contributed by atoms with E-state index in [1.807, 2.05) is 68.4 Å². The van der Waals surface area contributed by atoms with E-state index in [2.05, 4.69) is 21.2 Å². The van der Waals surface area contributed by atoms with Crippen LogP contribution in [-0.2, 0) is 32.6 Å². The number of nitrogens with zero attached hydrogens (tertiary/aromatic N) is 2. The molecule has 0 saturated heterocycles. The van der Waals surface area contributed by atoms with Crippen molar-refractivity contribution in [2.75, 3.05) is 6.54 Å². The zero-order chi connectivity index (χ0) is 28.9. The Kier molecular flexibility index (Phi) is 9.42. The van der Waals surface area contributed by atoms with Gasteiger partial charge in [-0.3, -0.25) is 14.4 Å². The second kappa shape index (κ2) is 12.8. The van der Waals surface area contributed by atoms with Crippen LogP contribution in [0.5, 0.6) is 0 Å². The molecule has 8 nitrogen and oxygen atoms in total. The summed E-state index contributed by atoms with van der Waals surface area (Å²) in [5.74, 6) is -1.37. The number of carbonyl (C=O) groups excluding carboxylic acids is 3. The van der Waals surface area contributed by atoms with Gasteiger partial charge in [-0.15, -0.1) is 0 Å². The van der Waals surface area contributed by atoms with Crippen LogP contribution in [0, 0.1) is 0 Å². The molecule has 0 unspecified atom stereocenters. The van der Waals surface area contributed by atoms with Crippen LogP contribution < -0.4 is 5.32 Å². The van der Waals surface area contributed by atoms with Crippen LogP contribution in [0.2, 0.25) is 0 Å². The molecule has 3 aromatic rings. The van der Waals surface area contributed by atoms with Gasteiger partial charge < -0.3 is 10.2 Å². The standard InChI is InChI=1S/C30H32BrN3O5S/c1-3-21(2)32-29(36)26(19-22-9-5-4-6-10-22)33(20-23-13-15-24(31)16-14-23)28(35)17-18-34-30(37)25-11-7-8-12-27(25)40(34,38)39/h4-16,21,26H,3,17-20H2,1-2H3,(H,32,36)/t21-,26-/m0/s1. The van der Waals surface area contributed by atoms with Crippen molar-refractivity contribution >= 4 is 43.7 Å². The van der Waals surface area contributed by atoms with E-state index in [1.54, 1.807) is 12.1 Å². The van der Waals surface area contributed by atoms with E-state index in [0.29, 0.717) is 0 Å². The Balaban J connectivity index is 1.64. The largest absolute Gasteiger partial charge is 0.352 e. The molecular formula is C30H32BrN3O5S. The van der Waals surface area contributed by atoms with E-state index in [4.69, 9.17) is 0 Å². The van der Waals surface area contributed by atoms with Crippen LogP contribution in [0.4, 0.5) is 0 Å². The van der Waals surface area contributed by atoms with Crippen molar-refractivity contribution < 1.29 is 22.8 Å². The van der Waals surface area contributed by atoms with Crippen LogP contribution >= 0.6 is 15.9 Å². The summed E-state index contributed by atoms with van der Waals surface area (Å²) in [7, 11) is -4.06. The maximum atomic E-state index is 13.9. The number of sulfonamides is 1. The third-order valence-electron chi connectivity index (χ3n) is 6.98. The predicted molar refractivity (Wildman–Crippen MR) is 156 cm³/mol. The fourth-order valence-corrected chi connectivity index (χ4v) is 6.41. The lowest BCUT2D eigenvalue weighted by Gasteiger charge is -2.32. The highest BCUT2D eigenvalue weighted by molar-refractivity contribution is 9.10. The highest BCUT2D eigenvalue weighted by Gasteiger charge is 2.41. The molecule has 3 aromatic carbocycles. The smallest absolute Gasteiger partial charge is 0.269 e. The molecule has 0 aliphatic carbocycles. The molecule has 3 amide bonds. The molecule has 0 bridgehead atoms. The lowest BCUT2D eigenvalue weighted by molar-refractivity contribution is -0.141. The van der Waals surface area contributed by atoms with Gasteiger partial charge >= 0.3 is 0 Å². The van der Waals surface area contributed by atoms with Crippen LogP contribution in [0.3, 0.4) is 0 Å². The van der Waals surface area contributed by atoms with Gasteiger partial charge in [-0.1, -0.05) is 77.5 Å². The number of benzene rings is 3. The molecule has 1 N–H and O–H groups in total. The Bertz CT molecular complexity index is 1480. The number of hydrogen-bond acceptors (Lipinski definition) is 5. The molecule has 2 atom stereocenters. The van der Waals surface area contributed by atoms with Crippen molar-refractivity contribution in [3.63, 3.8) is 0 Å². The molecule has 1 heterocycles. The molecule has 40 heavy (non-hydrogen) atoms. The first-order valence-electron chi connectivity index (χ1n) is 13.2. The minimum atomic E-state index is -4.06. The van der Waals surface area contributed by atoms with E-state index in [1.165, 1.54) is 17.0 Å². The predicted octanol–water partition coefficient (Wildman–Crippen LogP) is 4.54. The molecular weight excluding hydrogens is 594 g/mol. The first kappa shape index (κ1) is 29.5. The lowest BCUT2D eigenvalue weighted by atomic mass is 10.0. The van der Waals surface area contributed by atoms with Gasteiger partial charge in [0.15, 0.2) is 0 Å². The summed E-state index contributed by atoms with van der Waals surface area (Å²) in [6.07, 6.45) is 0.731. The lowest BCUT2D eigenvalue weighted by Crippen LogP contribution is -2.52. The fraction of sp³-hybridized carbons (Fsp3) is 0.300. The zero-order valence-electron chi connectivity index (χ0n) is 22.4. The quantitative estimate of drug-likeness (QED) is 0.337. The average Bonchev–Trinajstić information content (AvgIpc) is 3.15. The summed E-state index contributed by atoms with van der Waals surface area (Å²) >= 11 is 3.42. The number of amides is 3. The number of hydrogen-bond donors (Lipinski definition) is 1. The number of nitrogens with one attached hydrogen (secondary N) is 1. The third-order valence-corrected chi connectivity index (χ3v) is 9.35. The van der Waals surface area contributed by atoms with Gasteiger partial charge in [0.2, 0.25) is 11.8 Å². The summed E-state index contributed by atoms with van der Waals surface area (Å²) < 4.78 is 27.7. The maximum Gasteiger partial charge on any atom is 0.269 e. The summed E-state index contributed by atoms with van der Waals surface area (Å²) in [5.41, 5.74) is 1.79. The molecule has 0 saturated carbocycles. The van der Waals surface area contributed by atoms with Gasteiger partial charge in [-0.05, 0) is 48.7 Å². The average molecular weight is 627 g/mol. The van der Waals surface area contributed by atoms with Crippen molar-refractivity contribution in [2.45, 2.75) is 56.6 Å². The first-order valence-corrected chi connectivity index (χ1v) is 15.4. The minimum absolute atomic E-state index is 0.0611. The Morgan fingerprint density at radius 1 is 0.950 bits per heavy atom. The number of fused-ring (bicyclic) bond motifs is 1. The van der Waals surface area contributed by atoms with Gasteiger partial charge in [0.1, 0.15) is 10.9 Å². The minimum Gasteiger partial charge on any atom is -0.352 e. The van der Waals surface area contributed by atoms with E-state index in [9.17, 15) is 22.8 Å². The highest BCUT2D eigenvalue weighted by Crippen LogP contribution is 2.30. The van der Waals surface area contributed by atoms with Crippen molar-refractivity contribution in [3.8, 4) is 0 Å². The number of halogens is 1. The first-order chi connectivity index (χ1) is 19.1. The van der Waals surface area contributed by atoms with Crippen molar-refractivity contribution in [3.05, 3.63) is 100 Å². The maximum absolute atomic E-state index is 13.9. The molecule has 0 fully saturated rings. The van der Waals surface area contributed by atoms with Crippen LogP contribution in [0.25, 0.3) is 0 Å². The molecule has 210 valence electrons. The third kappa shape index (κ3) is 6.62. The highest BCUT2D eigenvalue weighted by atomic mass is 79.9. The van der Waals surface area contributed by atoms with E-state index in [-0.39, 0.29) is 48.3 Å². The normalized spacial score (nSPS) is 15.3. The summed E-state index contributed by atoms with van der Waals surface area (Å²) in [5, 5.41) is 3.01. The van der Waals surface area contributed by atoms with Gasteiger partial charge in [0, 0.05) is 36.4 Å². The van der Waals surface area contributed by atoms with Crippen molar-refractivity contribution in [2.24, 2.45) is 0 Å². The van der Waals surface area contributed by atoms with Gasteiger partial charge in [0.25, 0.3) is 15.9 Å². The van der Waals surface area contributed by atoms with Crippen molar-refractivity contribution in [1.29, 1.82) is 0 Å². The monoisotopic (exact) mass is 625 g/mol. The van der Waals surface area contributed by atoms with E-state index >= 15 is 0 Å². The molecule has 0 spiro atoms. The van der Waals surface area contributed by atoms with E-state index in [0.717, 1.165) is 26.3 Å². The van der Waals surface area contributed by atoms with Gasteiger partial charge in [-0.2, -0.15) is 0 Å². The van der Waals surface area contributed by atoms with Gasteiger partial charge in [0.05, 0.1) is 5.56 Å². The fourth-order valence-electron chi connectivity index (χ4n) is 4.57. The topological polar surface area (TPSA) is 104 Å². The Morgan fingerprint density at radius 2 is 1.60 bits per heavy atom. The summed E-state index contributed by atoms with van der Waals surface area (Å²) in [4.78, 5) is 41.8. The second-order valence-electron chi connectivity index (χ2n) is 9.80. The molecule has 0 radical (unpaired) electrons. The van der Waals surface area contributed by atoms with Crippen LogP contribution in [0.1, 0.15) is 48.2 Å². The Labute approximate surface area is 243 Å². The SMILES string of the molecule is CC[C@H](C)NC(=O)[C@H](Cc1ccccc1)N(Cc1ccc(Br)cc1)C(=O)CCN1C(=O)c2ccccc2S1(=O)=O. The van der Waals surface area contributed by atoms with Gasteiger partial charge in [-0.25, -0.2) is 12.7 Å². The molecule has 10 heteroatoms. The Hall–Kier alpha value is -3.50. The second-order valence-corrected chi connectivity index (χ2v) is 12.5.